The van der Waals surface area contributed by atoms with Gasteiger partial charge in [0.25, 0.3) is 0 Å². The van der Waals surface area contributed by atoms with Gasteiger partial charge < -0.3 is 5.11 Å². The largest absolute Gasteiger partial charge is 0.508 e. The molecule has 146 valence electrons. The highest BCUT2D eigenvalue weighted by Gasteiger charge is 2.35. The number of piperazine rings is 1. The first kappa shape index (κ1) is 19.2. The topological polar surface area (TPSA) is 26.7 Å². The SMILES string of the molecule is C[C@@H]1CN([C@H](c2ccsc2)c2ccccc2O)[C@@H](C)CN1Cc1ccccc1. The van der Waals surface area contributed by atoms with Crippen LogP contribution in [0.15, 0.2) is 71.4 Å². The monoisotopic (exact) mass is 392 g/mol. The molecule has 2 aromatic carbocycles. The van der Waals surface area contributed by atoms with Crippen LogP contribution in [-0.4, -0.2) is 40.1 Å². The van der Waals surface area contributed by atoms with Crippen LogP contribution in [0.3, 0.4) is 0 Å². The molecule has 0 saturated carbocycles. The molecule has 4 heteroatoms. The van der Waals surface area contributed by atoms with Crippen molar-refractivity contribution in [1.82, 2.24) is 9.80 Å². The Balaban J connectivity index is 1.59. The molecule has 3 aromatic rings. The number of thiophene rings is 1. The van der Waals surface area contributed by atoms with E-state index in [-0.39, 0.29) is 6.04 Å². The molecule has 1 aromatic heterocycles. The Morgan fingerprint density at radius 2 is 1.71 bits per heavy atom. The Morgan fingerprint density at radius 1 is 0.964 bits per heavy atom. The lowest BCUT2D eigenvalue weighted by Gasteiger charge is -2.47. The third-order valence-electron chi connectivity index (χ3n) is 5.81. The van der Waals surface area contributed by atoms with Gasteiger partial charge in [0.2, 0.25) is 0 Å². The average Bonchev–Trinajstić information content (AvgIpc) is 3.22. The van der Waals surface area contributed by atoms with Crippen LogP contribution in [0.2, 0.25) is 0 Å². The average molecular weight is 393 g/mol. The molecule has 1 fully saturated rings. The summed E-state index contributed by atoms with van der Waals surface area (Å²) in [6.45, 7) is 7.60. The van der Waals surface area contributed by atoms with Gasteiger partial charge >= 0.3 is 0 Å². The Kier molecular flexibility index (Phi) is 5.81. The zero-order chi connectivity index (χ0) is 19.5. The van der Waals surface area contributed by atoms with E-state index < -0.39 is 0 Å². The maximum absolute atomic E-state index is 10.6. The minimum atomic E-state index is 0.0868. The van der Waals surface area contributed by atoms with Gasteiger partial charge in [-0.2, -0.15) is 11.3 Å². The molecule has 0 amide bonds. The van der Waals surface area contributed by atoms with Crippen LogP contribution < -0.4 is 0 Å². The first-order valence-corrected chi connectivity index (χ1v) is 10.9. The van der Waals surface area contributed by atoms with Crippen LogP contribution in [0, 0.1) is 0 Å². The summed E-state index contributed by atoms with van der Waals surface area (Å²) in [7, 11) is 0. The first-order valence-electron chi connectivity index (χ1n) is 9.97. The van der Waals surface area contributed by atoms with Crippen LogP contribution in [-0.2, 0) is 6.54 Å². The standard InChI is InChI=1S/C24H28N2OS/c1-18-15-26(19(2)14-25(18)16-20-8-4-3-5-9-20)24(21-12-13-28-17-21)22-10-6-7-11-23(22)27/h3-13,17-19,24,27H,14-16H2,1-2H3/t18-,19+,24-/m1/s1. The summed E-state index contributed by atoms with van der Waals surface area (Å²) >= 11 is 1.72. The molecule has 28 heavy (non-hydrogen) atoms. The fourth-order valence-electron chi connectivity index (χ4n) is 4.32. The van der Waals surface area contributed by atoms with Gasteiger partial charge in [-0.1, -0.05) is 48.5 Å². The van der Waals surface area contributed by atoms with Crippen LogP contribution in [0.25, 0.3) is 0 Å². The Labute approximate surface area is 171 Å². The van der Waals surface area contributed by atoms with Gasteiger partial charge in [-0.05, 0) is 47.9 Å². The molecule has 0 bridgehead atoms. The Bertz CT molecular complexity index is 881. The lowest BCUT2D eigenvalue weighted by molar-refractivity contribution is 0.0191. The molecular formula is C24H28N2OS. The second-order valence-electron chi connectivity index (χ2n) is 7.83. The molecule has 4 rings (SSSR count). The van der Waals surface area contributed by atoms with Crippen molar-refractivity contribution < 1.29 is 5.11 Å². The summed E-state index contributed by atoms with van der Waals surface area (Å²) < 4.78 is 0. The molecule has 1 aliphatic heterocycles. The van der Waals surface area contributed by atoms with Gasteiger partial charge in [0.1, 0.15) is 5.75 Å². The summed E-state index contributed by atoms with van der Waals surface area (Å²) in [5.41, 5.74) is 3.63. The summed E-state index contributed by atoms with van der Waals surface area (Å²) in [6.07, 6.45) is 0. The number of hydrogen-bond acceptors (Lipinski definition) is 4. The van der Waals surface area contributed by atoms with Crippen molar-refractivity contribution in [2.75, 3.05) is 13.1 Å². The van der Waals surface area contributed by atoms with Crippen LogP contribution in [0.5, 0.6) is 5.75 Å². The van der Waals surface area contributed by atoms with Crippen molar-refractivity contribution in [1.29, 1.82) is 0 Å². The van der Waals surface area contributed by atoms with E-state index in [0.29, 0.717) is 17.8 Å². The van der Waals surface area contributed by atoms with E-state index in [2.05, 4.69) is 76.9 Å². The highest BCUT2D eigenvalue weighted by molar-refractivity contribution is 7.08. The fraction of sp³-hybridized carbons (Fsp3) is 0.333. The molecule has 0 aliphatic carbocycles. The number of aromatic hydroxyl groups is 1. The minimum absolute atomic E-state index is 0.0868. The lowest BCUT2D eigenvalue weighted by atomic mass is 9.94. The number of para-hydroxylation sites is 1. The van der Waals surface area contributed by atoms with Gasteiger partial charge in [0.05, 0.1) is 6.04 Å². The zero-order valence-corrected chi connectivity index (χ0v) is 17.3. The third kappa shape index (κ3) is 4.00. The molecule has 1 saturated heterocycles. The van der Waals surface area contributed by atoms with Gasteiger partial charge in [-0.15, -0.1) is 0 Å². The molecule has 0 spiro atoms. The van der Waals surface area contributed by atoms with Crippen molar-refractivity contribution in [3.05, 3.63) is 88.1 Å². The fourth-order valence-corrected chi connectivity index (χ4v) is 5.00. The summed E-state index contributed by atoms with van der Waals surface area (Å²) in [6, 6.07) is 21.6. The van der Waals surface area contributed by atoms with E-state index in [0.717, 1.165) is 25.2 Å². The number of nitrogens with zero attached hydrogens (tertiary/aromatic N) is 2. The molecule has 1 aliphatic rings. The Morgan fingerprint density at radius 3 is 2.43 bits per heavy atom. The molecule has 3 atom stereocenters. The maximum atomic E-state index is 10.6. The van der Waals surface area contributed by atoms with Crippen LogP contribution >= 0.6 is 11.3 Å². The van der Waals surface area contributed by atoms with E-state index in [1.807, 2.05) is 12.1 Å². The smallest absolute Gasteiger partial charge is 0.120 e. The lowest BCUT2D eigenvalue weighted by Crippen LogP contribution is -2.56. The number of benzene rings is 2. The van der Waals surface area contributed by atoms with E-state index in [9.17, 15) is 5.11 Å². The number of phenolic OH excluding ortho intramolecular Hbond substituents is 1. The Hall–Kier alpha value is -2.14. The third-order valence-corrected chi connectivity index (χ3v) is 6.52. The second kappa shape index (κ2) is 8.48. The number of hydrogen-bond donors (Lipinski definition) is 1. The molecule has 3 nitrogen and oxygen atoms in total. The number of rotatable bonds is 5. The second-order valence-corrected chi connectivity index (χ2v) is 8.61. The predicted octanol–water partition coefficient (Wildman–Crippen LogP) is 5.14. The van der Waals surface area contributed by atoms with E-state index in [4.69, 9.17) is 0 Å². The first-order chi connectivity index (χ1) is 13.6. The summed E-state index contributed by atoms with van der Waals surface area (Å²) in [5.74, 6) is 0.380. The van der Waals surface area contributed by atoms with Gasteiger partial charge in [-0.25, -0.2) is 0 Å². The van der Waals surface area contributed by atoms with Gasteiger partial charge in [0, 0.05) is 37.3 Å². The maximum Gasteiger partial charge on any atom is 0.120 e. The molecular weight excluding hydrogens is 364 g/mol. The van der Waals surface area contributed by atoms with Crippen molar-refractivity contribution in [2.24, 2.45) is 0 Å². The van der Waals surface area contributed by atoms with Crippen molar-refractivity contribution >= 4 is 11.3 Å². The van der Waals surface area contributed by atoms with Crippen molar-refractivity contribution in [3.8, 4) is 5.75 Å². The quantitative estimate of drug-likeness (QED) is 0.651. The molecule has 2 heterocycles. The van der Waals surface area contributed by atoms with Gasteiger partial charge in [0.15, 0.2) is 0 Å². The summed E-state index contributed by atoms with van der Waals surface area (Å²) in [4.78, 5) is 5.13. The number of phenols is 1. The van der Waals surface area contributed by atoms with Crippen molar-refractivity contribution in [2.45, 2.75) is 38.5 Å². The highest BCUT2D eigenvalue weighted by atomic mass is 32.1. The minimum Gasteiger partial charge on any atom is -0.508 e. The molecule has 0 unspecified atom stereocenters. The molecule has 1 N–H and O–H groups in total. The molecule has 0 radical (unpaired) electrons. The van der Waals surface area contributed by atoms with Crippen LogP contribution in [0.1, 0.15) is 36.6 Å². The van der Waals surface area contributed by atoms with Crippen molar-refractivity contribution in [3.63, 3.8) is 0 Å². The van der Waals surface area contributed by atoms with Crippen LogP contribution in [0.4, 0.5) is 0 Å². The zero-order valence-electron chi connectivity index (χ0n) is 16.5. The highest BCUT2D eigenvalue weighted by Crippen LogP contribution is 2.38. The van der Waals surface area contributed by atoms with E-state index in [1.54, 1.807) is 17.4 Å². The predicted molar refractivity (Wildman–Crippen MR) is 117 cm³/mol. The van der Waals surface area contributed by atoms with E-state index in [1.165, 1.54) is 11.1 Å². The van der Waals surface area contributed by atoms with E-state index >= 15 is 0 Å². The normalized spacial score (nSPS) is 22.2. The summed E-state index contributed by atoms with van der Waals surface area (Å²) in [5, 5.41) is 14.9. The van der Waals surface area contributed by atoms with Gasteiger partial charge in [-0.3, -0.25) is 9.80 Å².